The Balaban J connectivity index is 1.34. The van der Waals surface area contributed by atoms with Crippen molar-refractivity contribution in [3.05, 3.63) is 127 Å². The van der Waals surface area contributed by atoms with Crippen LogP contribution in [0.4, 0.5) is 0 Å². The van der Waals surface area contributed by atoms with Crippen LogP contribution in [-0.4, -0.2) is 26.9 Å². The molecule has 8 nitrogen and oxygen atoms in total. The molecule has 186 valence electrons. The second kappa shape index (κ2) is 11.6. The van der Waals surface area contributed by atoms with Crippen molar-refractivity contribution in [1.82, 2.24) is 25.9 Å². The molecule has 4 aromatic carbocycles. The fraction of sp³-hybridized carbons (Fsp3) is 0.107. The zero-order valence-electron chi connectivity index (χ0n) is 20.0. The van der Waals surface area contributed by atoms with Crippen molar-refractivity contribution in [2.75, 3.05) is 6.29 Å². The summed E-state index contributed by atoms with van der Waals surface area (Å²) in [6.45, 7) is 0. The van der Waals surface area contributed by atoms with E-state index in [1.807, 2.05) is 54.6 Å². The van der Waals surface area contributed by atoms with Gasteiger partial charge >= 0.3 is 7.60 Å². The summed E-state index contributed by atoms with van der Waals surface area (Å²) in [5, 5.41) is 17.7. The van der Waals surface area contributed by atoms with Crippen molar-refractivity contribution in [3.8, 4) is 22.6 Å². The summed E-state index contributed by atoms with van der Waals surface area (Å²) in [6, 6.07) is 36.1. The van der Waals surface area contributed by atoms with Gasteiger partial charge in [-0.05, 0) is 57.8 Å². The fourth-order valence-electron chi connectivity index (χ4n) is 3.87. The molecule has 9 heteroatoms. The van der Waals surface area contributed by atoms with Crippen molar-refractivity contribution in [3.63, 3.8) is 0 Å². The second-order valence-electron chi connectivity index (χ2n) is 8.39. The first-order valence-corrected chi connectivity index (χ1v) is 13.6. The van der Waals surface area contributed by atoms with Gasteiger partial charge in [-0.25, -0.2) is 9.66 Å². The van der Waals surface area contributed by atoms with Gasteiger partial charge in [0.2, 0.25) is 0 Å². The lowest BCUT2D eigenvalue weighted by Gasteiger charge is -2.23. The summed E-state index contributed by atoms with van der Waals surface area (Å²) in [5.41, 5.74) is 3.35. The van der Waals surface area contributed by atoms with Gasteiger partial charge in [0.25, 0.3) is 0 Å². The molecule has 0 fully saturated rings. The van der Waals surface area contributed by atoms with E-state index in [4.69, 9.17) is 9.05 Å². The number of nitrogens with one attached hydrogen (secondary N) is 2. The lowest BCUT2D eigenvalue weighted by molar-refractivity contribution is 0.374. The Labute approximate surface area is 215 Å². The minimum Gasteiger partial charge on any atom is -0.415 e. The van der Waals surface area contributed by atoms with Gasteiger partial charge in [0.1, 0.15) is 17.8 Å². The van der Waals surface area contributed by atoms with Gasteiger partial charge in [-0.15, -0.1) is 5.10 Å². The Hall–Kier alpha value is -4.26. The first-order valence-electron chi connectivity index (χ1n) is 11.9. The Morgan fingerprint density at radius 1 is 0.730 bits per heavy atom. The van der Waals surface area contributed by atoms with Gasteiger partial charge in [0.05, 0.1) is 6.04 Å². The number of benzene rings is 4. The standard InChI is InChI=1S/C28H26N5O3P/c34-37(35-25-12-6-2-7-13-25,36-26-14-8-3-9-15-26)21-29-27(28-30-32-33-31-28)20-22-16-18-24(19-17-22)23-10-4-1-5-11-23/h1-19,27,29H,20-21H2,(H,30,31,32,33)/t27-/m0/s1. The smallest absolute Gasteiger partial charge is 0.415 e. The summed E-state index contributed by atoms with van der Waals surface area (Å²) in [4.78, 5) is 0. The van der Waals surface area contributed by atoms with Crippen LogP contribution < -0.4 is 14.4 Å². The van der Waals surface area contributed by atoms with E-state index in [0.29, 0.717) is 23.7 Å². The molecular formula is C28H26N5O3P. The maximum atomic E-state index is 13.9. The van der Waals surface area contributed by atoms with Crippen molar-refractivity contribution >= 4 is 7.60 Å². The predicted octanol–water partition coefficient (Wildman–Crippen LogP) is 6.05. The normalized spacial score (nSPS) is 12.1. The highest BCUT2D eigenvalue weighted by atomic mass is 31.2. The molecule has 1 atom stereocenters. The number of hydrogen-bond acceptors (Lipinski definition) is 7. The Kier molecular flexibility index (Phi) is 7.69. The Morgan fingerprint density at radius 3 is 1.81 bits per heavy atom. The predicted molar refractivity (Wildman–Crippen MR) is 142 cm³/mol. The van der Waals surface area contributed by atoms with E-state index in [0.717, 1.165) is 16.7 Å². The average Bonchev–Trinajstić information content (AvgIpc) is 3.48. The number of hydrogen-bond donors (Lipinski definition) is 2. The molecule has 0 saturated carbocycles. The number of para-hydroxylation sites is 2. The number of nitrogens with zero attached hydrogens (tertiary/aromatic N) is 3. The van der Waals surface area contributed by atoms with Crippen LogP contribution in [0.3, 0.4) is 0 Å². The molecule has 5 rings (SSSR count). The van der Waals surface area contributed by atoms with Crippen molar-refractivity contribution in [2.45, 2.75) is 12.5 Å². The Morgan fingerprint density at radius 2 is 1.27 bits per heavy atom. The number of tetrazole rings is 1. The van der Waals surface area contributed by atoms with Gasteiger partial charge in [-0.1, -0.05) is 91.0 Å². The molecule has 0 unspecified atom stereocenters. The maximum Gasteiger partial charge on any atom is 0.444 e. The largest absolute Gasteiger partial charge is 0.444 e. The molecule has 0 aliphatic carbocycles. The van der Waals surface area contributed by atoms with Crippen molar-refractivity contribution in [2.24, 2.45) is 0 Å². The van der Waals surface area contributed by atoms with E-state index in [1.165, 1.54) is 0 Å². The van der Waals surface area contributed by atoms with Gasteiger partial charge < -0.3 is 9.05 Å². The molecule has 0 amide bonds. The average molecular weight is 512 g/mol. The molecule has 1 aromatic heterocycles. The monoisotopic (exact) mass is 511 g/mol. The maximum absolute atomic E-state index is 13.9. The summed E-state index contributed by atoms with van der Waals surface area (Å²) in [7, 11) is -3.67. The number of aromatic nitrogens is 4. The number of aromatic amines is 1. The van der Waals surface area contributed by atoms with Crippen LogP contribution in [0.2, 0.25) is 0 Å². The number of H-pyrrole nitrogens is 1. The van der Waals surface area contributed by atoms with Gasteiger partial charge in [0.15, 0.2) is 5.82 Å². The van der Waals surface area contributed by atoms with Gasteiger partial charge in [-0.2, -0.15) is 0 Å². The summed E-state index contributed by atoms with van der Waals surface area (Å²) < 4.78 is 25.7. The third-order valence-corrected chi connectivity index (χ3v) is 7.25. The molecule has 0 bridgehead atoms. The fourth-order valence-corrected chi connectivity index (χ4v) is 5.36. The topological polar surface area (TPSA) is 102 Å². The van der Waals surface area contributed by atoms with E-state index in [-0.39, 0.29) is 12.3 Å². The number of rotatable bonds is 11. The summed E-state index contributed by atoms with van der Waals surface area (Å²) in [6.07, 6.45) is 0.493. The highest BCUT2D eigenvalue weighted by Gasteiger charge is 2.30. The van der Waals surface area contributed by atoms with Crippen LogP contribution in [0.15, 0.2) is 115 Å². The zero-order chi connectivity index (χ0) is 25.3. The van der Waals surface area contributed by atoms with E-state index in [9.17, 15) is 4.57 Å². The zero-order valence-corrected chi connectivity index (χ0v) is 20.9. The van der Waals surface area contributed by atoms with Crippen molar-refractivity contribution < 1.29 is 13.6 Å². The van der Waals surface area contributed by atoms with Crippen LogP contribution in [0, 0.1) is 0 Å². The van der Waals surface area contributed by atoms with Crippen LogP contribution in [0.1, 0.15) is 17.4 Å². The lowest BCUT2D eigenvalue weighted by Crippen LogP contribution is -2.27. The molecule has 2 N–H and O–H groups in total. The highest BCUT2D eigenvalue weighted by Crippen LogP contribution is 2.48. The molecular weight excluding hydrogens is 485 g/mol. The van der Waals surface area contributed by atoms with E-state index >= 15 is 0 Å². The van der Waals surface area contributed by atoms with Crippen LogP contribution in [-0.2, 0) is 11.0 Å². The quantitative estimate of drug-likeness (QED) is 0.208. The summed E-state index contributed by atoms with van der Waals surface area (Å²) >= 11 is 0. The third kappa shape index (κ3) is 6.70. The Bertz CT molecular complexity index is 1370. The van der Waals surface area contributed by atoms with Gasteiger partial charge in [0, 0.05) is 0 Å². The molecule has 5 aromatic rings. The first kappa shape index (κ1) is 24.4. The van der Waals surface area contributed by atoms with Crippen molar-refractivity contribution in [1.29, 1.82) is 0 Å². The highest BCUT2D eigenvalue weighted by molar-refractivity contribution is 7.54. The molecule has 1 heterocycles. The van der Waals surface area contributed by atoms with E-state index < -0.39 is 7.60 Å². The van der Waals surface area contributed by atoms with E-state index in [2.05, 4.69) is 62.3 Å². The van der Waals surface area contributed by atoms with Crippen LogP contribution >= 0.6 is 7.60 Å². The van der Waals surface area contributed by atoms with Crippen LogP contribution in [0.25, 0.3) is 11.1 Å². The minimum absolute atomic E-state index is 0.0652. The molecule has 0 radical (unpaired) electrons. The summed E-state index contributed by atoms with van der Waals surface area (Å²) in [5.74, 6) is 1.44. The van der Waals surface area contributed by atoms with E-state index in [1.54, 1.807) is 24.3 Å². The molecule has 0 aliphatic rings. The molecule has 0 saturated heterocycles. The third-order valence-electron chi connectivity index (χ3n) is 5.70. The SMILES string of the molecule is O=P(CN[C@@H](Cc1ccc(-c2ccccc2)cc1)c1nnn[nH]1)(Oc1ccccc1)Oc1ccccc1. The van der Waals surface area contributed by atoms with Crippen LogP contribution in [0.5, 0.6) is 11.5 Å². The second-order valence-corrected chi connectivity index (χ2v) is 10.3. The minimum atomic E-state index is -3.67. The lowest BCUT2D eigenvalue weighted by atomic mass is 10.0. The molecule has 37 heavy (non-hydrogen) atoms. The first-order chi connectivity index (χ1) is 18.2. The molecule has 0 aliphatic heterocycles. The molecule has 0 spiro atoms. The van der Waals surface area contributed by atoms with Gasteiger partial charge in [-0.3, -0.25) is 5.32 Å².